The molecule has 124 valence electrons. The van der Waals surface area contributed by atoms with Crippen LogP contribution in [0.3, 0.4) is 0 Å². The summed E-state index contributed by atoms with van der Waals surface area (Å²) in [7, 11) is 1.62. The maximum Gasteiger partial charge on any atom is 0.237 e. The van der Waals surface area contributed by atoms with E-state index in [4.69, 9.17) is 9.26 Å². The summed E-state index contributed by atoms with van der Waals surface area (Å²) in [4.78, 5) is 13.4. The van der Waals surface area contributed by atoms with Gasteiger partial charge in [-0.25, -0.2) is 9.97 Å². The molecule has 0 spiro atoms. The number of ether oxygens (including phenoxy) is 1. The predicted octanol–water partition coefficient (Wildman–Crippen LogP) is 3.75. The lowest BCUT2D eigenvalue weighted by molar-refractivity contribution is 0.390. The molecule has 0 unspecified atom stereocenters. The van der Waals surface area contributed by atoms with Gasteiger partial charge in [0.15, 0.2) is 5.16 Å². The van der Waals surface area contributed by atoms with Crippen molar-refractivity contribution in [3.8, 4) is 17.1 Å². The van der Waals surface area contributed by atoms with Crippen molar-refractivity contribution < 1.29 is 9.26 Å². The van der Waals surface area contributed by atoms with Crippen molar-refractivity contribution in [1.82, 2.24) is 20.1 Å². The Labute approximate surface area is 144 Å². The van der Waals surface area contributed by atoms with E-state index in [2.05, 4.69) is 20.1 Å². The number of methoxy groups -OCH3 is 1. The van der Waals surface area contributed by atoms with E-state index in [1.54, 1.807) is 7.11 Å². The van der Waals surface area contributed by atoms with Crippen molar-refractivity contribution in [2.75, 3.05) is 7.11 Å². The fourth-order valence-corrected chi connectivity index (χ4v) is 2.96. The van der Waals surface area contributed by atoms with Crippen LogP contribution >= 0.6 is 11.8 Å². The fraction of sp³-hybridized carbons (Fsp3) is 0.294. The quantitative estimate of drug-likeness (QED) is 0.516. The highest BCUT2D eigenvalue weighted by Crippen LogP contribution is 2.28. The summed E-state index contributed by atoms with van der Waals surface area (Å²) in [5.41, 5.74) is 3.91. The first kappa shape index (κ1) is 16.4. The van der Waals surface area contributed by atoms with E-state index in [1.165, 1.54) is 11.8 Å². The lowest BCUT2D eigenvalue weighted by atomic mass is 10.2. The molecule has 7 heteroatoms. The van der Waals surface area contributed by atoms with Gasteiger partial charge in [0, 0.05) is 11.4 Å². The largest absolute Gasteiger partial charge is 0.496 e. The molecule has 2 heterocycles. The minimum Gasteiger partial charge on any atom is -0.496 e. The number of hydrogen-bond donors (Lipinski definition) is 0. The van der Waals surface area contributed by atoms with Gasteiger partial charge < -0.3 is 9.26 Å². The third kappa shape index (κ3) is 3.41. The zero-order chi connectivity index (χ0) is 17.1. The summed E-state index contributed by atoms with van der Waals surface area (Å²) in [5, 5.41) is 4.75. The Morgan fingerprint density at radius 1 is 1.04 bits per heavy atom. The van der Waals surface area contributed by atoms with Gasteiger partial charge in [-0.15, -0.1) is 0 Å². The van der Waals surface area contributed by atoms with Gasteiger partial charge in [0.25, 0.3) is 0 Å². The molecule has 3 rings (SSSR count). The molecule has 0 fully saturated rings. The van der Waals surface area contributed by atoms with Crippen molar-refractivity contribution in [3.63, 3.8) is 0 Å². The Hall–Kier alpha value is -2.41. The van der Waals surface area contributed by atoms with Crippen LogP contribution < -0.4 is 4.74 Å². The van der Waals surface area contributed by atoms with Crippen LogP contribution in [0.5, 0.6) is 5.75 Å². The molecule has 2 aromatic heterocycles. The number of rotatable bonds is 5. The van der Waals surface area contributed by atoms with Crippen molar-refractivity contribution >= 4 is 11.8 Å². The zero-order valence-electron chi connectivity index (χ0n) is 14.0. The number of aryl methyl sites for hydroxylation is 2. The third-order valence-corrected chi connectivity index (χ3v) is 4.58. The second-order valence-electron chi connectivity index (χ2n) is 5.30. The molecule has 0 saturated carbocycles. The summed E-state index contributed by atoms with van der Waals surface area (Å²) >= 11 is 1.48. The lowest BCUT2D eigenvalue weighted by Gasteiger charge is -2.05. The molecule has 6 nitrogen and oxygen atoms in total. The summed E-state index contributed by atoms with van der Waals surface area (Å²) in [5.74, 6) is 2.27. The first-order valence-corrected chi connectivity index (χ1v) is 8.47. The average molecular weight is 342 g/mol. The van der Waals surface area contributed by atoms with Gasteiger partial charge in [-0.2, -0.15) is 4.98 Å². The Bertz CT molecular complexity index is 840. The Morgan fingerprint density at radius 2 is 1.75 bits per heavy atom. The van der Waals surface area contributed by atoms with Gasteiger partial charge >= 0.3 is 0 Å². The lowest BCUT2D eigenvalue weighted by Crippen LogP contribution is -1.98. The minimum atomic E-state index is 0.514. The highest BCUT2D eigenvalue weighted by molar-refractivity contribution is 7.98. The Morgan fingerprint density at radius 3 is 2.46 bits per heavy atom. The predicted molar refractivity (Wildman–Crippen MR) is 92.1 cm³/mol. The second-order valence-corrected chi connectivity index (χ2v) is 6.25. The number of nitrogens with zero attached hydrogens (tertiary/aromatic N) is 4. The van der Waals surface area contributed by atoms with Crippen molar-refractivity contribution in [2.45, 2.75) is 31.7 Å². The van der Waals surface area contributed by atoms with E-state index < -0.39 is 0 Å². The molecule has 0 aliphatic carbocycles. The van der Waals surface area contributed by atoms with Crippen LogP contribution in [-0.4, -0.2) is 27.2 Å². The van der Waals surface area contributed by atoms with Crippen LogP contribution in [-0.2, 0) is 5.75 Å². The molecular formula is C17H18N4O2S. The van der Waals surface area contributed by atoms with E-state index in [0.29, 0.717) is 28.4 Å². The average Bonchev–Trinajstić information content (AvgIpc) is 3.06. The normalized spacial score (nSPS) is 10.8. The van der Waals surface area contributed by atoms with Gasteiger partial charge in [0.1, 0.15) is 5.75 Å². The van der Waals surface area contributed by atoms with Crippen molar-refractivity contribution in [2.24, 2.45) is 0 Å². The molecule has 0 N–H and O–H groups in total. The first-order chi connectivity index (χ1) is 11.6. The number of para-hydroxylation sites is 1. The van der Waals surface area contributed by atoms with E-state index >= 15 is 0 Å². The smallest absolute Gasteiger partial charge is 0.237 e. The number of thioether (sulfide) groups is 1. The molecule has 0 radical (unpaired) electrons. The van der Waals surface area contributed by atoms with Gasteiger partial charge in [-0.1, -0.05) is 29.1 Å². The zero-order valence-corrected chi connectivity index (χ0v) is 14.8. The maximum absolute atomic E-state index is 5.33. The summed E-state index contributed by atoms with van der Waals surface area (Å²) < 4.78 is 10.7. The molecular weight excluding hydrogens is 324 g/mol. The summed E-state index contributed by atoms with van der Waals surface area (Å²) in [6, 6.07) is 7.58. The van der Waals surface area contributed by atoms with Crippen LogP contribution in [0.25, 0.3) is 11.4 Å². The van der Waals surface area contributed by atoms with Crippen LogP contribution in [0, 0.1) is 20.8 Å². The van der Waals surface area contributed by atoms with E-state index in [-0.39, 0.29) is 0 Å². The highest BCUT2D eigenvalue weighted by atomic mass is 32.2. The Balaban J connectivity index is 1.75. The maximum atomic E-state index is 5.33. The highest BCUT2D eigenvalue weighted by Gasteiger charge is 2.14. The van der Waals surface area contributed by atoms with Gasteiger partial charge in [0.2, 0.25) is 11.7 Å². The molecule has 24 heavy (non-hydrogen) atoms. The van der Waals surface area contributed by atoms with Crippen LogP contribution in [0.2, 0.25) is 0 Å². The van der Waals surface area contributed by atoms with Crippen molar-refractivity contribution in [1.29, 1.82) is 0 Å². The monoisotopic (exact) mass is 342 g/mol. The SMILES string of the molecule is COc1ccccc1-c1noc(CSc2nc(C)c(C)c(C)n2)n1. The van der Waals surface area contributed by atoms with E-state index in [1.807, 2.05) is 45.0 Å². The number of aromatic nitrogens is 4. The summed E-state index contributed by atoms with van der Waals surface area (Å²) in [6.45, 7) is 6.00. The molecule has 0 saturated heterocycles. The van der Waals surface area contributed by atoms with Gasteiger partial charge in [0.05, 0.1) is 18.4 Å². The number of benzene rings is 1. The fourth-order valence-electron chi connectivity index (χ4n) is 2.18. The molecule has 0 bridgehead atoms. The van der Waals surface area contributed by atoms with Gasteiger partial charge in [-0.3, -0.25) is 0 Å². The van der Waals surface area contributed by atoms with E-state index in [9.17, 15) is 0 Å². The topological polar surface area (TPSA) is 73.9 Å². The summed E-state index contributed by atoms with van der Waals surface area (Å²) in [6.07, 6.45) is 0. The van der Waals surface area contributed by atoms with Crippen LogP contribution in [0.4, 0.5) is 0 Å². The molecule has 3 aromatic rings. The molecule has 0 aliphatic heterocycles. The van der Waals surface area contributed by atoms with Crippen LogP contribution in [0.15, 0.2) is 33.9 Å². The minimum absolute atomic E-state index is 0.514. The molecule has 1 aromatic carbocycles. The number of hydrogen-bond acceptors (Lipinski definition) is 7. The standard InChI is InChI=1S/C17H18N4O2S/c1-10-11(2)18-17(19-12(10)3)24-9-15-20-16(21-23-15)13-7-5-6-8-14(13)22-4/h5-8H,9H2,1-4H3. The van der Waals surface area contributed by atoms with Gasteiger partial charge in [-0.05, 0) is 38.5 Å². The van der Waals surface area contributed by atoms with E-state index in [0.717, 1.165) is 22.5 Å². The molecule has 0 aliphatic rings. The third-order valence-electron chi connectivity index (χ3n) is 3.75. The molecule has 0 amide bonds. The first-order valence-electron chi connectivity index (χ1n) is 7.49. The Kier molecular flexibility index (Phi) is 4.80. The molecule has 0 atom stereocenters. The van der Waals surface area contributed by atoms with Crippen LogP contribution in [0.1, 0.15) is 22.8 Å². The second kappa shape index (κ2) is 7.00. The van der Waals surface area contributed by atoms with Crippen molar-refractivity contribution in [3.05, 3.63) is 47.1 Å².